The van der Waals surface area contributed by atoms with Crippen LogP contribution in [0, 0.1) is 0 Å². The Labute approximate surface area is 194 Å². The van der Waals surface area contributed by atoms with E-state index in [4.69, 9.17) is 0 Å². The first-order valence-electron chi connectivity index (χ1n) is 10.2. The molecule has 0 atom stereocenters. The second kappa shape index (κ2) is 9.36. The van der Waals surface area contributed by atoms with E-state index in [2.05, 4.69) is 4.98 Å². The minimum Gasteiger partial charge on any atom is -0.289 e. The highest BCUT2D eigenvalue weighted by molar-refractivity contribution is 7.89. The van der Waals surface area contributed by atoms with Crippen molar-refractivity contribution in [1.82, 2.24) is 9.29 Å². The van der Waals surface area contributed by atoms with Crippen molar-refractivity contribution in [3.63, 3.8) is 0 Å². The molecular weight excluding hydrogens is 465 g/mol. The number of Topliss-reactive ketones (excluding diaryl/α,β-unsaturated/α-hetero) is 1. The van der Waals surface area contributed by atoms with E-state index in [1.54, 1.807) is 30.3 Å². The highest BCUT2D eigenvalue weighted by atomic mass is 32.2. The van der Waals surface area contributed by atoms with Crippen molar-refractivity contribution in [1.29, 1.82) is 0 Å². The summed E-state index contributed by atoms with van der Waals surface area (Å²) < 4.78 is 68.2. The summed E-state index contributed by atoms with van der Waals surface area (Å²) in [6.45, 7) is -0.563. The second-order valence-corrected chi connectivity index (χ2v) is 9.56. The summed E-state index contributed by atoms with van der Waals surface area (Å²) in [5.74, 6) is -0.506. The molecule has 1 fully saturated rings. The van der Waals surface area contributed by atoms with Gasteiger partial charge in [-0.2, -0.15) is 17.5 Å². The van der Waals surface area contributed by atoms with Crippen LogP contribution in [-0.4, -0.2) is 36.6 Å². The molecule has 0 amide bonds. The molecule has 4 rings (SSSR count). The molecule has 2 heterocycles. The third-order valence-corrected chi connectivity index (χ3v) is 7.11. The molecule has 1 saturated heterocycles. The van der Waals surface area contributed by atoms with Gasteiger partial charge in [-0.05, 0) is 53.6 Å². The van der Waals surface area contributed by atoms with E-state index in [9.17, 15) is 26.4 Å². The monoisotopic (exact) mass is 484 g/mol. The van der Waals surface area contributed by atoms with E-state index >= 15 is 0 Å². The van der Waals surface area contributed by atoms with Crippen LogP contribution in [0.15, 0.2) is 95.2 Å². The van der Waals surface area contributed by atoms with Gasteiger partial charge in [0.15, 0.2) is 5.78 Å². The van der Waals surface area contributed by atoms with Gasteiger partial charge >= 0.3 is 6.18 Å². The maximum absolute atomic E-state index is 13.5. The summed E-state index contributed by atoms with van der Waals surface area (Å²) >= 11 is 0. The molecule has 1 aliphatic rings. The fraction of sp³-hybridized carbons (Fsp3) is 0.120. The van der Waals surface area contributed by atoms with Crippen LogP contribution >= 0.6 is 0 Å². The Morgan fingerprint density at radius 1 is 0.824 bits per heavy atom. The smallest absolute Gasteiger partial charge is 0.289 e. The lowest BCUT2D eigenvalue weighted by atomic mass is 9.94. The number of ketones is 1. The molecule has 0 spiro atoms. The number of hydrogen-bond donors (Lipinski definition) is 0. The summed E-state index contributed by atoms with van der Waals surface area (Å²) in [5, 5.41) is 0. The molecule has 1 aromatic heterocycles. The number of nitrogens with zero attached hydrogens (tertiary/aromatic N) is 2. The van der Waals surface area contributed by atoms with Crippen molar-refractivity contribution in [2.24, 2.45) is 0 Å². The van der Waals surface area contributed by atoms with Crippen LogP contribution in [0.5, 0.6) is 0 Å². The number of aromatic nitrogens is 1. The normalized spacial score (nSPS) is 17.9. The summed E-state index contributed by atoms with van der Waals surface area (Å²) in [6.07, 6.45) is 1.07. The Hall–Kier alpha value is -3.56. The van der Waals surface area contributed by atoms with Crippen LogP contribution in [0.2, 0.25) is 0 Å². The Morgan fingerprint density at radius 2 is 1.41 bits per heavy atom. The number of carbonyl (C=O) groups excluding carboxylic acids is 1. The van der Waals surface area contributed by atoms with Crippen molar-refractivity contribution >= 4 is 28.0 Å². The SMILES string of the molecule is O=C1/C(=C/c2ccncc2)CN(S(=O)(=O)c2ccccc2)C/C1=C\c1ccccc1C(F)(F)F. The number of piperidine rings is 1. The Bertz CT molecular complexity index is 1370. The minimum absolute atomic E-state index is 0.0302. The van der Waals surface area contributed by atoms with Crippen LogP contribution in [0.3, 0.4) is 0 Å². The van der Waals surface area contributed by atoms with Gasteiger partial charge in [-0.25, -0.2) is 8.42 Å². The van der Waals surface area contributed by atoms with Gasteiger partial charge in [-0.1, -0.05) is 36.4 Å². The largest absolute Gasteiger partial charge is 0.416 e. The van der Waals surface area contributed by atoms with E-state index in [1.165, 1.54) is 48.8 Å². The summed E-state index contributed by atoms with van der Waals surface area (Å²) in [7, 11) is -4.01. The average Bonchev–Trinajstić information content (AvgIpc) is 2.82. The molecule has 0 saturated carbocycles. The van der Waals surface area contributed by atoms with E-state index in [0.717, 1.165) is 16.4 Å². The van der Waals surface area contributed by atoms with Crippen LogP contribution in [-0.2, 0) is 21.0 Å². The molecule has 0 radical (unpaired) electrons. The predicted molar refractivity (Wildman–Crippen MR) is 122 cm³/mol. The fourth-order valence-corrected chi connectivity index (χ4v) is 5.07. The molecule has 0 N–H and O–H groups in total. The van der Waals surface area contributed by atoms with Crippen molar-refractivity contribution in [2.45, 2.75) is 11.1 Å². The Morgan fingerprint density at radius 3 is 2.06 bits per heavy atom. The number of rotatable bonds is 4. The van der Waals surface area contributed by atoms with Crippen molar-refractivity contribution < 1.29 is 26.4 Å². The van der Waals surface area contributed by atoms with Crippen molar-refractivity contribution in [3.8, 4) is 0 Å². The van der Waals surface area contributed by atoms with Gasteiger partial charge in [0.1, 0.15) is 0 Å². The molecule has 5 nitrogen and oxygen atoms in total. The first-order valence-corrected chi connectivity index (χ1v) is 11.7. The van der Waals surface area contributed by atoms with Gasteiger partial charge in [0.2, 0.25) is 10.0 Å². The van der Waals surface area contributed by atoms with Gasteiger partial charge in [0.25, 0.3) is 0 Å². The van der Waals surface area contributed by atoms with Crippen molar-refractivity contribution in [2.75, 3.05) is 13.1 Å². The first-order chi connectivity index (χ1) is 16.2. The molecule has 9 heteroatoms. The molecule has 34 heavy (non-hydrogen) atoms. The van der Waals surface area contributed by atoms with Gasteiger partial charge in [-0.15, -0.1) is 0 Å². The van der Waals surface area contributed by atoms with Gasteiger partial charge in [0, 0.05) is 36.6 Å². The number of halogens is 3. The molecule has 2 aromatic carbocycles. The zero-order valence-corrected chi connectivity index (χ0v) is 18.6. The summed E-state index contributed by atoms with van der Waals surface area (Å²) in [6, 6.07) is 15.8. The van der Waals surface area contributed by atoms with Crippen molar-refractivity contribution in [3.05, 3.63) is 107 Å². The minimum atomic E-state index is -4.63. The lowest BCUT2D eigenvalue weighted by Crippen LogP contribution is -2.41. The first kappa shape index (κ1) is 23.6. The second-order valence-electron chi connectivity index (χ2n) is 7.62. The predicted octanol–water partition coefficient (Wildman–Crippen LogP) is 4.84. The van der Waals surface area contributed by atoms with Gasteiger partial charge in [-0.3, -0.25) is 9.78 Å². The van der Waals surface area contributed by atoms with Gasteiger partial charge < -0.3 is 0 Å². The number of carbonyl (C=O) groups is 1. The Balaban J connectivity index is 1.83. The highest BCUT2D eigenvalue weighted by Gasteiger charge is 2.36. The maximum atomic E-state index is 13.5. The lowest BCUT2D eigenvalue weighted by Gasteiger charge is -2.29. The topological polar surface area (TPSA) is 67.3 Å². The van der Waals surface area contributed by atoms with Crippen LogP contribution < -0.4 is 0 Å². The zero-order chi connectivity index (χ0) is 24.3. The molecule has 0 aliphatic carbocycles. The number of hydrogen-bond acceptors (Lipinski definition) is 4. The number of pyridine rings is 1. The number of benzene rings is 2. The molecule has 3 aromatic rings. The van der Waals surface area contributed by atoms with Crippen LogP contribution in [0.25, 0.3) is 12.2 Å². The van der Waals surface area contributed by atoms with Crippen LogP contribution in [0.1, 0.15) is 16.7 Å². The third-order valence-electron chi connectivity index (χ3n) is 5.30. The molecule has 0 bridgehead atoms. The number of sulfonamides is 1. The Kier molecular flexibility index (Phi) is 6.49. The third kappa shape index (κ3) is 5.00. The van der Waals surface area contributed by atoms with E-state index in [-0.39, 0.29) is 34.7 Å². The molecular formula is C25H19F3N2O3S. The quantitative estimate of drug-likeness (QED) is 0.497. The highest BCUT2D eigenvalue weighted by Crippen LogP contribution is 2.34. The van der Waals surface area contributed by atoms with E-state index in [1.807, 2.05) is 0 Å². The van der Waals surface area contributed by atoms with E-state index in [0.29, 0.717) is 5.56 Å². The number of alkyl halides is 3. The lowest BCUT2D eigenvalue weighted by molar-refractivity contribution is -0.137. The fourth-order valence-electron chi connectivity index (χ4n) is 3.65. The summed E-state index contributed by atoms with van der Waals surface area (Å²) in [5.41, 5.74) is -0.401. The summed E-state index contributed by atoms with van der Waals surface area (Å²) in [4.78, 5) is 17.2. The van der Waals surface area contributed by atoms with Gasteiger partial charge in [0.05, 0.1) is 10.5 Å². The van der Waals surface area contributed by atoms with E-state index < -0.39 is 27.5 Å². The maximum Gasteiger partial charge on any atom is 0.416 e. The zero-order valence-electron chi connectivity index (χ0n) is 17.7. The molecule has 1 aliphatic heterocycles. The van der Waals surface area contributed by atoms with Crippen LogP contribution in [0.4, 0.5) is 13.2 Å². The average molecular weight is 484 g/mol. The standard InChI is InChI=1S/C25H19F3N2O3S/c26-25(27,28)23-9-5-4-6-19(23)15-21-17-30(34(32,33)22-7-2-1-3-8-22)16-20(24(21)31)14-18-10-12-29-13-11-18/h1-15H,16-17H2/b20-14+,21-15+. The molecule has 0 unspecified atom stereocenters. The molecule has 174 valence electrons.